The van der Waals surface area contributed by atoms with E-state index < -0.39 is 0 Å². The Morgan fingerprint density at radius 1 is 0.974 bits per heavy atom. The molecule has 0 aliphatic carbocycles. The van der Waals surface area contributed by atoms with E-state index in [0.29, 0.717) is 34.8 Å². The van der Waals surface area contributed by atoms with E-state index >= 15 is 0 Å². The number of oxazole rings is 1. The molecule has 4 aromatic carbocycles. The number of aromatic hydroxyl groups is 1. The number of anilines is 1. The van der Waals surface area contributed by atoms with Gasteiger partial charge in [0.1, 0.15) is 23.6 Å². The molecule has 0 radical (unpaired) electrons. The predicted octanol–water partition coefficient (Wildman–Crippen LogP) is 6.47. The lowest BCUT2D eigenvalue weighted by Gasteiger charge is -2.12. The zero-order valence-electron chi connectivity index (χ0n) is 20.6. The van der Waals surface area contributed by atoms with E-state index in [1.807, 2.05) is 48.5 Å². The second-order valence-electron chi connectivity index (χ2n) is 8.62. The van der Waals surface area contributed by atoms with Crippen LogP contribution in [0.1, 0.15) is 28.4 Å². The molecule has 0 fully saturated rings. The summed E-state index contributed by atoms with van der Waals surface area (Å²) in [7, 11) is 0. The number of ether oxygens (including phenoxy) is 1. The molecule has 0 aliphatic rings. The molecule has 0 spiro atoms. The van der Waals surface area contributed by atoms with E-state index in [2.05, 4.69) is 22.5 Å². The summed E-state index contributed by atoms with van der Waals surface area (Å²) < 4.78 is 11.7. The first-order valence-electron chi connectivity index (χ1n) is 12.1. The average Bonchev–Trinajstić information content (AvgIpc) is 3.37. The van der Waals surface area contributed by atoms with E-state index in [-0.39, 0.29) is 22.7 Å². The standard InChI is InChI=1S/C30H25N3O4S/c1-2-19-11-14-27-25(15-19)32-29(37-27)24-17-22(12-13-26(24)34)31-30(38)33-28(35)21-9-6-10-23(16-21)36-18-20-7-4-3-5-8-20/h3-17,34H,2,18H2,1H3,(H2,31,33,35,38). The number of hydrogen-bond donors (Lipinski definition) is 3. The Morgan fingerprint density at radius 3 is 2.63 bits per heavy atom. The summed E-state index contributed by atoms with van der Waals surface area (Å²) in [5.74, 6) is 0.502. The van der Waals surface area contributed by atoms with Gasteiger partial charge in [0.25, 0.3) is 5.91 Å². The van der Waals surface area contributed by atoms with E-state index in [1.54, 1.807) is 36.4 Å². The van der Waals surface area contributed by atoms with Gasteiger partial charge in [-0.2, -0.15) is 0 Å². The molecule has 0 aliphatic heterocycles. The topological polar surface area (TPSA) is 96.6 Å². The molecule has 0 bridgehead atoms. The van der Waals surface area contributed by atoms with Gasteiger partial charge in [-0.3, -0.25) is 10.1 Å². The zero-order chi connectivity index (χ0) is 26.5. The van der Waals surface area contributed by atoms with Crippen LogP contribution in [0.4, 0.5) is 5.69 Å². The van der Waals surface area contributed by atoms with E-state index in [0.717, 1.165) is 23.1 Å². The van der Waals surface area contributed by atoms with Crippen molar-refractivity contribution in [2.24, 2.45) is 0 Å². The number of carbonyl (C=O) groups excluding carboxylic acids is 1. The molecule has 1 heterocycles. The highest BCUT2D eigenvalue weighted by atomic mass is 32.1. The molecule has 0 unspecified atom stereocenters. The largest absolute Gasteiger partial charge is 0.507 e. The van der Waals surface area contributed by atoms with Crippen LogP contribution in [0.5, 0.6) is 11.5 Å². The fourth-order valence-electron chi connectivity index (χ4n) is 3.90. The minimum atomic E-state index is -0.377. The normalized spacial score (nSPS) is 10.8. The first-order chi connectivity index (χ1) is 18.5. The highest BCUT2D eigenvalue weighted by Crippen LogP contribution is 2.33. The van der Waals surface area contributed by atoms with Crippen LogP contribution in [0.3, 0.4) is 0 Å². The Labute approximate surface area is 225 Å². The van der Waals surface area contributed by atoms with Crippen molar-refractivity contribution < 1.29 is 19.1 Å². The number of phenols is 1. The van der Waals surface area contributed by atoms with Crippen LogP contribution in [-0.4, -0.2) is 21.1 Å². The van der Waals surface area contributed by atoms with Crippen molar-refractivity contribution in [1.82, 2.24) is 10.3 Å². The van der Waals surface area contributed by atoms with Crippen LogP contribution in [-0.2, 0) is 13.0 Å². The number of aryl methyl sites for hydroxylation is 1. The van der Waals surface area contributed by atoms with Crippen molar-refractivity contribution in [2.45, 2.75) is 20.0 Å². The third kappa shape index (κ3) is 5.82. The van der Waals surface area contributed by atoms with Gasteiger partial charge < -0.3 is 19.6 Å². The van der Waals surface area contributed by atoms with Crippen LogP contribution in [0.2, 0.25) is 0 Å². The fourth-order valence-corrected chi connectivity index (χ4v) is 4.11. The van der Waals surface area contributed by atoms with Gasteiger partial charge in [0.05, 0.1) is 5.56 Å². The number of nitrogens with one attached hydrogen (secondary N) is 2. The molecule has 0 saturated carbocycles. The first-order valence-corrected chi connectivity index (χ1v) is 12.5. The molecule has 190 valence electrons. The van der Waals surface area contributed by atoms with E-state index in [1.165, 1.54) is 6.07 Å². The molecular formula is C30H25N3O4S. The monoisotopic (exact) mass is 523 g/mol. The maximum absolute atomic E-state index is 12.8. The Hall–Kier alpha value is -4.69. The number of carbonyl (C=O) groups is 1. The van der Waals surface area contributed by atoms with Crippen LogP contribution in [0.15, 0.2) is 95.4 Å². The van der Waals surface area contributed by atoms with Gasteiger partial charge in [-0.15, -0.1) is 0 Å². The van der Waals surface area contributed by atoms with Gasteiger partial charge in [-0.1, -0.05) is 49.4 Å². The first kappa shape index (κ1) is 25.0. The SMILES string of the molecule is CCc1ccc2oc(-c3cc(NC(=S)NC(=O)c4cccc(OCc5ccccc5)c4)ccc3O)nc2c1. The minimum absolute atomic E-state index is 0.0140. The lowest BCUT2D eigenvalue weighted by molar-refractivity contribution is 0.0977. The lowest BCUT2D eigenvalue weighted by Crippen LogP contribution is -2.34. The predicted molar refractivity (Wildman–Crippen MR) is 151 cm³/mol. The Kier molecular flexibility index (Phi) is 7.33. The molecular weight excluding hydrogens is 498 g/mol. The number of hydrogen-bond acceptors (Lipinski definition) is 6. The molecule has 5 aromatic rings. The van der Waals surface area contributed by atoms with Crippen LogP contribution >= 0.6 is 12.2 Å². The van der Waals surface area contributed by atoms with E-state index in [4.69, 9.17) is 21.4 Å². The highest BCUT2D eigenvalue weighted by Gasteiger charge is 2.15. The van der Waals surface area contributed by atoms with Crippen molar-refractivity contribution in [3.05, 3.63) is 108 Å². The van der Waals surface area contributed by atoms with Gasteiger partial charge in [-0.25, -0.2) is 4.98 Å². The number of aromatic nitrogens is 1. The molecule has 7 nitrogen and oxygen atoms in total. The summed E-state index contributed by atoms with van der Waals surface area (Å²) in [6, 6.07) is 27.3. The molecule has 3 N–H and O–H groups in total. The summed E-state index contributed by atoms with van der Waals surface area (Å²) in [6.07, 6.45) is 0.886. The van der Waals surface area contributed by atoms with Crippen molar-refractivity contribution in [3.63, 3.8) is 0 Å². The minimum Gasteiger partial charge on any atom is -0.507 e. The Morgan fingerprint density at radius 2 is 1.82 bits per heavy atom. The van der Waals surface area contributed by atoms with Gasteiger partial charge in [0.15, 0.2) is 10.7 Å². The van der Waals surface area contributed by atoms with Crippen molar-refractivity contribution in [2.75, 3.05) is 5.32 Å². The second kappa shape index (κ2) is 11.1. The number of rotatable bonds is 7. The summed E-state index contributed by atoms with van der Waals surface area (Å²) >= 11 is 5.36. The number of benzene rings is 4. The molecule has 5 rings (SSSR count). The molecule has 38 heavy (non-hydrogen) atoms. The van der Waals surface area contributed by atoms with Crippen LogP contribution < -0.4 is 15.4 Å². The molecule has 1 amide bonds. The van der Waals surface area contributed by atoms with Crippen LogP contribution in [0, 0.1) is 0 Å². The Balaban J connectivity index is 1.25. The maximum Gasteiger partial charge on any atom is 0.257 e. The van der Waals surface area contributed by atoms with Gasteiger partial charge in [0, 0.05) is 11.3 Å². The molecule has 1 aromatic heterocycles. The number of fused-ring (bicyclic) bond motifs is 1. The third-order valence-electron chi connectivity index (χ3n) is 5.92. The number of nitrogens with zero attached hydrogens (tertiary/aromatic N) is 1. The van der Waals surface area contributed by atoms with Crippen molar-refractivity contribution >= 4 is 40.0 Å². The second-order valence-corrected chi connectivity index (χ2v) is 9.03. The van der Waals surface area contributed by atoms with Gasteiger partial charge >= 0.3 is 0 Å². The zero-order valence-corrected chi connectivity index (χ0v) is 21.4. The summed E-state index contributed by atoms with van der Waals surface area (Å²) in [4.78, 5) is 17.3. The highest BCUT2D eigenvalue weighted by molar-refractivity contribution is 7.80. The molecule has 8 heteroatoms. The number of thiocarbonyl (C=S) groups is 1. The fraction of sp³-hybridized carbons (Fsp3) is 0.100. The smallest absolute Gasteiger partial charge is 0.257 e. The van der Waals surface area contributed by atoms with Gasteiger partial charge in [-0.05, 0) is 78.3 Å². The summed E-state index contributed by atoms with van der Waals surface area (Å²) in [5, 5.41) is 16.2. The van der Waals surface area contributed by atoms with Crippen molar-refractivity contribution in [1.29, 1.82) is 0 Å². The molecule has 0 atom stereocenters. The average molecular weight is 524 g/mol. The lowest BCUT2D eigenvalue weighted by atomic mass is 10.1. The van der Waals surface area contributed by atoms with Gasteiger partial charge in [0.2, 0.25) is 5.89 Å². The summed E-state index contributed by atoms with van der Waals surface area (Å²) in [5.41, 5.74) is 4.89. The number of amides is 1. The maximum atomic E-state index is 12.8. The molecule has 0 saturated heterocycles. The summed E-state index contributed by atoms with van der Waals surface area (Å²) in [6.45, 7) is 2.47. The van der Waals surface area contributed by atoms with Crippen LogP contribution in [0.25, 0.3) is 22.6 Å². The van der Waals surface area contributed by atoms with E-state index in [9.17, 15) is 9.90 Å². The quantitative estimate of drug-likeness (QED) is 0.166. The number of phenolic OH excluding ortho intramolecular Hbond substituents is 1. The Bertz CT molecular complexity index is 1610. The van der Waals surface area contributed by atoms with Crippen molar-refractivity contribution in [3.8, 4) is 23.0 Å². The third-order valence-corrected chi connectivity index (χ3v) is 6.12.